The van der Waals surface area contributed by atoms with E-state index in [1.807, 2.05) is 19.1 Å². The number of thioether (sulfide) groups is 1. The Hall–Kier alpha value is -1.65. The molecule has 0 bridgehead atoms. The highest BCUT2D eigenvalue weighted by molar-refractivity contribution is 8.01. The molecular weight excluding hydrogens is 416 g/mol. The summed E-state index contributed by atoms with van der Waals surface area (Å²) in [5, 5.41) is 11.1. The first-order chi connectivity index (χ1) is 13.1. The van der Waals surface area contributed by atoms with E-state index < -0.39 is 22.0 Å². The molecule has 0 fully saturated rings. The minimum atomic E-state index is -3.65. The molecule has 0 saturated heterocycles. The highest BCUT2D eigenvalue weighted by Gasteiger charge is 2.29. The molecule has 1 heterocycles. The number of aryl methyl sites for hydroxylation is 1. The van der Waals surface area contributed by atoms with Gasteiger partial charge in [-0.15, -0.1) is 10.2 Å². The van der Waals surface area contributed by atoms with Crippen molar-refractivity contribution in [1.82, 2.24) is 10.2 Å². The summed E-state index contributed by atoms with van der Waals surface area (Å²) in [6.07, 6.45) is 1.94. The summed E-state index contributed by atoms with van der Waals surface area (Å²) in [5.41, 5.74) is 1.54. The Morgan fingerprint density at radius 1 is 1.21 bits per heavy atom. The van der Waals surface area contributed by atoms with Crippen LogP contribution in [0.25, 0.3) is 0 Å². The molecule has 2 aromatic rings. The summed E-state index contributed by atoms with van der Waals surface area (Å²) >= 11 is 2.86. The SMILES string of the molecule is CCc1ccc(N([C@H](C)C(=O)Nc2nnc(SCC(C)C)s2)S(C)(=O)=O)cc1. The second kappa shape index (κ2) is 9.71. The molecule has 28 heavy (non-hydrogen) atoms. The summed E-state index contributed by atoms with van der Waals surface area (Å²) < 4.78 is 26.6. The second-order valence-corrected chi connectivity index (χ2v) is 10.9. The summed E-state index contributed by atoms with van der Waals surface area (Å²) in [6.45, 7) is 7.81. The molecule has 0 aliphatic carbocycles. The van der Waals surface area contributed by atoms with Gasteiger partial charge in [0.15, 0.2) is 4.34 Å². The minimum absolute atomic E-state index is 0.359. The fourth-order valence-corrected chi connectivity index (χ4v) is 5.36. The van der Waals surface area contributed by atoms with Gasteiger partial charge in [-0.1, -0.05) is 56.0 Å². The van der Waals surface area contributed by atoms with E-state index in [0.717, 1.165) is 32.6 Å². The van der Waals surface area contributed by atoms with Crippen LogP contribution in [0.2, 0.25) is 0 Å². The highest BCUT2D eigenvalue weighted by Crippen LogP contribution is 2.28. The van der Waals surface area contributed by atoms with Crippen LogP contribution in [0.15, 0.2) is 28.6 Å². The average molecular weight is 443 g/mol. The van der Waals surface area contributed by atoms with E-state index in [2.05, 4.69) is 29.4 Å². The zero-order chi connectivity index (χ0) is 20.9. The fraction of sp³-hybridized carbons (Fsp3) is 0.500. The molecule has 0 unspecified atom stereocenters. The monoisotopic (exact) mass is 442 g/mol. The number of aromatic nitrogens is 2. The first-order valence-corrected chi connectivity index (χ1v) is 12.6. The van der Waals surface area contributed by atoms with Crippen molar-refractivity contribution in [2.75, 3.05) is 21.6 Å². The molecule has 0 aliphatic rings. The van der Waals surface area contributed by atoms with Crippen LogP contribution in [0.4, 0.5) is 10.8 Å². The third-order valence-electron chi connectivity index (χ3n) is 3.86. The predicted octanol–water partition coefficient (Wildman–Crippen LogP) is 3.64. The van der Waals surface area contributed by atoms with Gasteiger partial charge < -0.3 is 0 Å². The van der Waals surface area contributed by atoms with E-state index in [9.17, 15) is 13.2 Å². The van der Waals surface area contributed by atoms with Crippen LogP contribution < -0.4 is 9.62 Å². The third-order valence-corrected chi connectivity index (χ3v) is 7.50. The van der Waals surface area contributed by atoms with Crippen LogP contribution in [0.1, 0.15) is 33.3 Å². The van der Waals surface area contributed by atoms with Gasteiger partial charge in [-0.3, -0.25) is 14.4 Å². The number of sulfonamides is 1. The van der Waals surface area contributed by atoms with Crippen molar-refractivity contribution in [3.8, 4) is 0 Å². The molecule has 1 aromatic heterocycles. The van der Waals surface area contributed by atoms with Gasteiger partial charge in [-0.2, -0.15) is 0 Å². The number of hydrogen-bond donors (Lipinski definition) is 1. The Morgan fingerprint density at radius 3 is 2.39 bits per heavy atom. The molecule has 1 N–H and O–H groups in total. The Balaban J connectivity index is 2.15. The number of nitrogens with zero attached hydrogens (tertiary/aromatic N) is 3. The van der Waals surface area contributed by atoms with E-state index in [1.165, 1.54) is 11.3 Å². The van der Waals surface area contributed by atoms with Crippen LogP contribution in [-0.2, 0) is 21.2 Å². The van der Waals surface area contributed by atoms with Crippen LogP contribution in [0, 0.1) is 5.92 Å². The van der Waals surface area contributed by atoms with Crippen LogP contribution >= 0.6 is 23.1 Å². The number of carbonyl (C=O) groups excluding carboxylic acids is 1. The van der Waals surface area contributed by atoms with Gasteiger partial charge in [0, 0.05) is 5.75 Å². The maximum absolute atomic E-state index is 12.7. The largest absolute Gasteiger partial charge is 0.299 e. The molecule has 1 atom stereocenters. The maximum Gasteiger partial charge on any atom is 0.249 e. The number of anilines is 2. The fourth-order valence-electron chi connectivity index (χ4n) is 2.45. The first-order valence-electron chi connectivity index (χ1n) is 8.97. The number of hydrogen-bond acceptors (Lipinski definition) is 7. The molecular formula is C18H26N4O3S3. The molecule has 1 aromatic carbocycles. The van der Waals surface area contributed by atoms with E-state index in [0.29, 0.717) is 16.7 Å². The Labute approximate surface area is 175 Å². The van der Waals surface area contributed by atoms with Gasteiger partial charge >= 0.3 is 0 Å². The maximum atomic E-state index is 12.7. The van der Waals surface area contributed by atoms with Crippen molar-refractivity contribution in [3.05, 3.63) is 29.8 Å². The lowest BCUT2D eigenvalue weighted by Gasteiger charge is -2.28. The molecule has 0 radical (unpaired) electrons. The van der Waals surface area contributed by atoms with Crippen molar-refractivity contribution >= 4 is 49.8 Å². The lowest BCUT2D eigenvalue weighted by atomic mass is 10.1. The number of benzene rings is 1. The Morgan fingerprint density at radius 2 is 1.86 bits per heavy atom. The zero-order valence-electron chi connectivity index (χ0n) is 16.7. The van der Waals surface area contributed by atoms with E-state index in [4.69, 9.17) is 0 Å². The summed E-state index contributed by atoms with van der Waals surface area (Å²) in [7, 11) is -3.65. The summed E-state index contributed by atoms with van der Waals surface area (Å²) in [4.78, 5) is 12.7. The lowest BCUT2D eigenvalue weighted by Crippen LogP contribution is -2.45. The average Bonchev–Trinajstić information content (AvgIpc) is 3.07. The molecule has 10 heteroatoms. The molecule has 0 spiro atoms. The lowest BCUT2D eigenvalue weighted by molar-refractivity contribution is -0.116. The molecule has 2 rings (SSSR count). The van der Waals surface area contributed by atoms with Gasteiger partial charge in [0.05, 0.1) is 11.9 Å². The zero-order valence-corrected chi connectivity index (χ0v) is 19.1. The van der Waals surface area contributed by atoms with E-state index >= 15 is 0 Å². The summed E-state index contributed by atoms with van der Waals surface area (Å²) in [5.74, 6) is 0.977. The first kappa shape index (κ1) is 22.6. The number of amides is 1. The predicted molar refractivity (Wildman–Crippen MR) is 117 cm³/mol. The third kappa shape index (κ3) is 6.18. The molecule has 1 amide bonds. The van der Waals surface area contributed by atoms with Crippen LogP contribution in [0.3, 0.4) is 0 Å². The number of carbonyl (C=O) groups is 1. The summed E-state index contributed by atoms with van der Waals surface area (Å²) in [6, 6.07) is 6.23. The van der Waals surface area contributed by atoms with Gasteiger partial charge in [-0.25, -0.2) is 8.42 Å². The van der Waals surface area contributed by atoms with Crippen LogP contribution in [0.5, 0.6) is 0 Å². The second-order valence-electron chi connectivity index (χ2n) is 6.82. The normalized spacial score (nSPS) is 12.8. The van der Waals surface area contributed by atoms with E-state index in [-0.39, 0.29) is 0 Å². The van der Waals surface area contributed by atoms with Gasteiger partial charge in [0.1, 0.15) is 6.04 Å². The number of rotatable bonds is 9. The molecule has 7 nitrogen and oxygen atoms in total. The van der Waals surface area contributed by atoms with Gasteiger partial charge in [0.25, 0.3) is 0 Å². The highest BCUT2D eigenvalue weighted by atomic mass is 32.2. The van der Waals surface area contributed by atoms with Crippen molar-refractivity contribution in [1.29, 1.82) is 0 Å². The minimum Gasteiger partial charge on any atom is -0.299 e. The molecule has 0 aliphatic heterocycles. The van der Waals surface area contributed by atoms with Crippen molar-refractivity contribution in [2.45, 2.75) is 44.5 Å². The van der Waals surface area contributed by atoms with Crippen LogP contribution in [-0.4, -0.2) is 42.6 Å². The van der Waals surface area contributed by atoms with Crippen molar-refractivity contribution in [2.24, 2.45) is 5.92 Å². The Bertz CT molecular complexity index is 895. The smallest absolute Gasteiger partial charge is 0.249 e. The van der Waals surface area contributed by atoms with Gasteiger partial charge in [0.2, 0.25) is 21.1 Å². The number of nitrogens with one attached hydrogen (secondary N) is 1. The quantitative estimate of drug-likeness (QED) is 0.471. The molecule has 154 valence electrons. The topological polar surface area (TPSA) is 92.3 Å². The van der Waals surface area contributed by atoms with Crippen molar-refractivity contribution < 1.29 is 13.2 Å². The standard InChI is InChI=1S/C18H26N4O3S3/c1-6-14-7-9-15(10-8-14)22(28(5,24)25)13(4)16(23)19-17-20-21-18(27-17)26-11-12(2)3/h7-10,12-13H,6,11H2,1-5H3,(H,19,20,23)/t13-/m1/s1. The van der Waals surface area contributed by atoms with E-state index in [1.54, 1.807) is 30.8 Å². The van der Waals surface area contributed by atoms with Gasteiger partial charge in [-0.05, 0) is 37.0 Å². The molecule has 0 saturated carbocycles. The Kier molecular flexibility index (Phi) is 7.85. The van der Waals surface area contributed by atoms with Crippen molar-refractivity contribution in [3.63, 3.8) is 0 Å².